The van der Waals surface area contributed by atoms with Crippen LogP contribution in [0.15, 0.2) is 18.2 Å². The summed E-state index contributed by atoms with van der Waals surface area (Å²) in [7, 11) is 3.04. The molecular weight excluding hydrogens is 185 g/mol. The zero-order chi connectivity index (χ0) is 10.6. The summed E-state index contributed by atoms with van der Waals surface area (Å²) in [5, 5.41) is 2.76. The molecule has 0 heterocycles. The van der Waals surface area contributed by atoms with E-state index in [2.05, 4.69) is 5.32 Å². The molecule has 0 radical (unpaired) electrons. The largest absolute Gasteiger partial charge is 0.494 e. The van der Waals surface area contributed by atoms with Gasteiger partial charge in [-0.25, -0.2) is 4.39 Å². The number of aldehydes is 1. The van der Waals surface area contributed by atoms with Crippen LogP contribution in [0.25, 0.3) is 0 Å². The van der Waals surface area contributed by atoms with Gasteiger partial charge in [-0.1, -0.05) is 6.07 Å². The molecule has 0 spiro atoms. The Hall–Kier alpha value is -1.42. The lowest BCUT2D eigenvalue weighted by Gasteiger charge is -2.10. The van der Waals surface area contributed by atoms with E-state index in [4.69, 9.17) is 4.74 Å². The highest BCUT2D eigenvalue weighted by atomic mass is 19.1. The Morgan fingerprint density at radius 3 is 2.71 bits per heavy atom. The first-order chi connectivity index (χ1) is 6.72. The summed E-state index contributed by atoms with van der Waals surface area (Å²) < 4.78 is 18.0. The van der Waals surface area contributed by atoms with E-state index < -0.39 is 11.9 Å². The highest BCUT2D eigenvalue weighted by Crippen LogP contribution is 2.20. The van der Waals surface area contributed by atoms with Crippen molar-refractivity contribution in [3.05, 3.63) is 29.6 Å². The highest BCUT2D eigenvalue weighted by Gasteiger charge is 2.10. The first-order valence-corrected chi connectivity index (χ1v) is 4.19. The van der Waals surface area contributed by atoms with Crippen molar-refractivity contribution in [3.63, 3.8) is 0 Å². The minimum Gasteiger partial charge on any atom is -0.494 e. The van der Waals surface area contributed by atoms with Crippen molar-refractivity contribution in [2.75, 3.05) is 14.2 Å². The lowest BCUT2D eigenvalue weighted by molar-refractivity contribution is -0.109. The Morgan fingerprint density at radius 2 is 2.29 bits per heavy atom. The van der Waals surface area contributed by atoms with Crippen molar-refractivity contribution >= 4 is 6.29 Å². The Bertz CT molecular complexity index is 328. The molecule has 0 saturated carbocycles. The van der Waals surface area contributed by atoms with Crippen molar-refractivity contribution in [1.82, 2.24) is 5.32 Å². The van der Waals surface area contributed by atoms with E-state index >= 15 is 0 Å². The average molecular weight is 197 g/mol. The second-order valence-electron chi connectivity index (χ2n) is 2.80. The van der Waals surface area contributed by atoms with E-state index in [1.807, 2.05) is 0 Å². The number of halogens is 1. The number of methoxy groups -OCH3 is 1. The van der Waals surface area contributed by atoms with Crippen molar-refractivity contribution in [2.45, 2.75) is 6.04 Å². The fraction of sp³-hybridized carbons (Fsp3) is 0.300. The fourth-order valence-corrected chi connectivity index (χ4v) is 1.19. The second kappa shape index (κ2) is 4.72. The molecule has 76 valence electrons. The van der Waals surface area contributed by atoms with E-state index in [-0.39, 0.29) is 5.75 Å². The zero-order valence-electron chi connectivity index (χ0n) is 8.08. The maximum Gasteiger partial charge on any atom is 0.165 e. The number of ether oxygens (including phenoxy) is 1. The third kappa shape index (κ3) is 2.09. The Labute approximate surface area is 81.9 Å². The van der Waals surface area contributed by atoms with Gasteiger partial charge in [-0.05, 0) is 24.7 Å². The number of benzene rings is 1. The van der Waals surface area contributed by atoms with Gasteiger partial charge < -0.3 is 14.8 Å². The van der Waals surface area contributed by atoms with Crippen LogP contribution in [0, 0.1) is 5.82 Å². The van der Waals surface area contributed by atoms with Gasteiger partial charge in [0.15, 0.2) is 11.6 Å². The molecule has 1 N–H and O–H groups in total. The summed E-state index contributed by atoms with van der Waals surface area (Å²) in [5.41, 5.74) is 0.584. The maximum atomic E-state index is 13.2. The van der Waals surface area contributed by atoms with E-state index in [9.17, 15) is 9.18 Å². The van der Waals surface area contributed by atoms with Crippen molar-refractivity contribution in [1.29, 1.82) is 0 Å². The van der Waals surface area contributed by atoms with Crippen molar-refractivity contribution in [3.8, 4) is 5.75 Å². The molecule has 0 aromatic heterocycles. The Balaban J connectivity index is 3.01. The van der Waals surface area contributed by atoms with Gasteiger partial charge >= 0.3 is 0 Å². The minimum absolute atomic E-state index is 0.175. The molecule has 14 heavy (non-hydrogen) atoms. The molecule has 0 aliphatic rings. The molecule has 0 saturated heterocycles. The summed E-state index contributed by atoms with van der Waals surface area (Å²) in [6, 6.07) is 3.96. The van der Waals surface area contributed by atoms with E-state index in [1.54, 1.807) is 13.1 Å². The Kier molecular flexibility index (Phi) is 3.59. The average Bonchev–Trinajstić information content (AvgIpc) is 2.20. The second-order valence-corrected chi connectivity index (χ2v) is 2.80. The lowest BCUT2D eigenvalue weighted by Crippen LogP contribution is -2.17. The van der Waals surface area contributed by atoms with Gasteiger partial charge in [-0.2, -0.15) is 0 Å². The number of nitrogens with one attached hydrogen (secondary N) is 1. The predicted molar refractivity (Wildman–Crippen MR) is 50.8 cm³/mol. The molecule has 3 nitrogen and oxygen atoms in total. The molecule has 1 aromatic carbocycles. The summed E-state index contributed by atoms with van der Waals surface area (Å²) in [6.07, 6.45) is 0.723. The monoisotopic (exact) mass is 197 g/mol. The van der Waals surface area contributed by atoms with Crippen LogP contribution in [0.2, 0.25) is 0 Å². The van der Waals surface area contributed by atoms with Gasteiger partial charge in [0.25, 0.3) is 0 Å². The number of likely N-dealkylation sites (N-methyl/N-ethyl adjacent to an activating group) is 1. The van der Waals surface area contributed by atoms with Gasteiger partial charge in [-0.3, -0.25) is 0 Å². The first-order valence-electron chi connectivity index (χ1n) is 4.19. The zero-order valence-corrected chi connectivity index (χ0v) is 8.08. The molecule has 0 amide bonds. The van der Waals surface area contributed by atoms with Crippen molar-refractivity contribution in [2.24, 2.45) is 0 Å². The maximum absolute atomic E-state index is 13.2. The number of hydrogen-bond donors (Lipinski definition) is 1. The van der Waals surface area contributed by atoms with Crippen LogP contribution in [0.3, 0.4) is 0 Å². The van der Waals surface area contributed by atoms with Crippen molar-refractivity contribution < 1.29 is 13.9 Å². The molecule has 1 rings (SSSR count). The number of rotatable bonds is 4. The smallest absolute Gasteiger partial charge is 0.165 e. The van der Waals surface area contributed by atoms with Gasteiger partial charge in [0, 0.05) is 0 Å². The SMILES string of the molecule is CNC(C=O)c1ccc(OC)c(F)c1. The molecule has 0 aliphatic heterocycles. The molecule has 1 aromatic rings. The Morgan fingerprint density at radius 1 is 1.57 bits per heavy atom. The van der Waals surface area contributed by atoms with Crippen LogP contribution in [-0.4, -0.2) is 20.4 Å². The normalized spacial score (nSPS) is 12.2. The van der Waals surface area contributed by atoms with Gasteiger partial charge in [0.05, 0.1) is 13.2 Å². The third-order valence-corrected chi connectivity index (χ3v) is 1.98. The first kappa shape index (κ1) is 10.7. The predicted octanol–water partition coefficient (Wildman–Crippen LogP) is 1.29. The minimum atomic E-state index is -0.476. The van der Waals surface area contributed by atoms with Gasteiger partial charge in [0.2, 0.25) is 0 Å². The van der Waals surface area contributed by atoms with Crippen LogP contribution in [0.4, 0.5) is 4.39 Å². The summed E-state index contributed by atoms with van der Waals surface area (Å²) in [6.45, 7) is 0. The quantitative estimate of drug-likeness (QED) is 0.739. The van der Waals surface area contributed by atoms with E-state index in [0.717, 1.165) is 6.29 Å². The van der Waals surface area contributed by atoms with Crippen LogP contribution in [0.1, 0.15) is 11.6 Å². The molecule has 1 unspecified atom stereocenters. The van der Waals surface area contributed by atoms with E-state index in [1.165, 1.54) is 19.2 Å². The highest BCUT2D eigenvalue weighted by molar-refractivity contribution is 5.61. The summed E-state index contributed by atoms with van der Waals surface area (Å²) in [5.74, 6) is -0.290. The molecule has 0 bridgehead atoms. The topological polar surface area (TPSA) is 38.3 Å². The van der Waals surface area contributed by atoms with Gasteiger partial charge in [-0.15, -0.1) is 0 Å². The van der Waals surface area contributed by atoms with Crippen LogP contribution >= 0.6 is 0 Å². The lowest BCUT2D eigenvalue weighted by atomic mass is 10.1. The van der Waals surface area contributed by atoms with Gasteiger partial charge in [0.1, 0.15) is 6.29 Å². The third-order valence-electron chi connectivity index (χ3n) is 1.98. The summed E-state index contributed by atoms with van der Waals surface area (Å²) in [4.78, 5) is 10.6. The number of hydrogen-bond acceptors (Lipinski definition) is 3. The summed E-state index contributed by atoms with van der Waals surface area (Å²) >= 11 is 0. The molecule has 1 atom stereocenters. The van der Waals surface area contributed by atoms with Crippen LogP contribution < -0.4 is 10.1 Å². The molecule has 4 heteroatoms. The van der Waals surface area contributed by atoms with Crippen LogP contribution in [0.5, 0.6) is 5.75 Å². The molecule has 0 aliphatic carbocycles. The number of carbonyl (C=O) groups excluding carboxylic acids is 1. The molecular formula is C10H12FNO2. The van der Waals surface area contributed by atoms with E-state index in [0.29, 0.717) is 5.56 Å². The molecule has 0 fully saturated rings. The number of carbonyl (C=O) groups is 1. The van der Waals surface area contributed by atoms with Crippen LogP contribution in [-0.2, 0) is 4.79 Å². The standard InChI is InChI=1S/C10H12FNO2/c1-12-9(6-13)7-3-4-10(14-2)8(11)5-7/h3-6,9,12H,1-2H3. The fourth-order valence-electron chi connectivity index (χ4n) is 1.19.